The van der Waals surface area contributed by atoms with Gasteiger partial charge in [0.15, 0.2) is 5.82 Å². The predicted octanol–water partition coefficient (Wildman–Crippen LogP) is 2.99. The standard InChI is InChI=1S/C16H15F2N3O2/c17-11-7-4-8-12(18)14(11)16-20-13(21-23-16)9-19-15(22)10-5-2-1-3-6-10/h1-2,4,7-8,10H,3,5-6,9H2,(H,19,22)/t10-/m1/s1. The van der Waals surface area contributed by atoms with Gasteiger partial charge in [0.2, 0.25) is 5.91 Å². The molecule has 0 saturated heterocycles. The van der Waals surface area contributed by atoms with Crippen molar-refractivity contribution >= 4 is 5.91 Å². The maximum Gasteiger partial charge on any atom is 0.263 e. The molecule has 7 heteroatoms. The van der Waals surface area contributed by atoms with E-state index in [1.54, 1.807) is 0 Å². The second kappa shape index (κ2) is 6.68. The highest BCUT2D eigenvalue weighted by atomic mass is 19.1. The normalized spacial score (nSPS) is 17.2. The van der Waals surface area contributed by atoms with Crippen LogP contribution in [0.25, 0.3) is 11.5 Å². The molecule has 0 unspecified atom stereocenters. The Morgan fingerprint density at radius 1 is 1.30 bits per heavy atom. The van der Waals surface area contributed by atoms with Gasteiger partial charge in [-0.2, -0.15) is 4.98 Å². The monoisotopic (exact) mass is 319 g/mol. The summed E-state index contributed by atoms with van der Waals surface area (Å²) in [6.45, 7) is 0.0542. The number of halogens is 2. The molecule has 23 heavy (non-hydrogen) atoms. The van der Waals surface area contributed by atoms with Crippen molar-refractivity contribution in [3.63, 3.8) is 0 Å². The van der Waals surface area contributed by atoms with E-state index in [1.165, 1.54) is 6.07 Å². The van der Waals surface area contributed by atoms with E-state index < -0.39 is 11.6 Å². The van der Waals surface area contributed by atoms with E-state index in [2.05, 4.69) is 21.5 Å². The van der Waals surface area contributed by atoms with E-state index in [0.717, 1.165) is 25.0 Å². The Bertz CT molecular complexity index is 722. The number of carbonyl (C=O) groups is 1. The number of aromatic nitrogens is 2. The molecule has 1 heterocycles. The van der Waals surface area contributed by atoms with E-state index in [-0.39, 0.29) is 35.6 Å². The number of nitrogens with zero attached hydrogens (tertiary/aromatic N) is 2. The predicted molar refractivity (Wildman–Crippen MR) is 78.0 cm³/mol. The molecule has 1 aromatic carbocycles. The number of hydrogen-bond donors (Lipinski definition) is 1. The van der Waals surface area contributed by atoms with Crippen molar-refractivity contribution in [2.45, 2.75) is 25.8 Å². The van der Waals surface area contributed by atoms with Crippen molar-refractivity contribution in [1.29, 1.82) is 0 Å². The average molecular weight is 319 g/mol. The minimum atomic E-state index is -0.779. The highest BCUT2D eigenvalue weighted by molar-refractivity contribution is 5.78. The van der Waals surface area contributed by atoms with Crippen molar-refractivity contribution in [2.24, 2.45) is 5.92 Å². The summed E-state index contributed by atoms with van der Waals surface area (Å²) >= 11 is 0. The lowest BCUT2D eigenvalue weighted by molar-refractivity contribution is -0.125. The lowest BCUT2D eigenvalue weighted by Gasteiger charge is -2.16. The molecule has 0 bridgehead atoms. The molecule has 0 radical (unpaired) electrons. The van der Waals surface area contributed by atoms with Gasteiger partial charge in [0.05, 0.1) is 6.54 Å². The van der Waals surface area contributed by atoms with Gasteiger partial charge in [0.25, 0.3) is 5.89 Å². The fraction of sp³-hybridized carbons (Fsp3) is 0.312. The first-order valence-corrected chi connectivity index (χ1v) is 7.35. The van der Waals surface area contributed by atoms with Crippen molar-refractivity contribution in [1.82, 2.24) is 15.5 Å². The van der Waals surface area contributed by atoms with Gasteiger partial charge in [-0.05, 0) is 31.4 Å². The molecule has 1 aromatic heterocycles. The Kier molecular flexibility index (Phi) is 4.45. The van der Waals surface area contributed by atoms with Gasteiger partial charge in [0, 0.05) is 5.92 Å². The molecule has 0 aliphatic heterocycles. The molecule has 1 aliphatic carbocycles. The van der Waals surface area contributed by atoms with Crippen LogP contribution in [0.1, 0.15) is 25.1 Å². The second-order valence-electron chi connectivity index (χ2n) is 5.31. The highest BCUT2D eigenvalue weighted by Gasteiger charge is 2.20. The highest BCUT2D eigenvalue weighted by Crippen LogP contribution is 2.24. The molecule has 1 N–H and O–H groups in total. The number of hydrogen-bond acceptors (Lipinski definition) is 4. The van der Waals surface area contributed by atoms with Gasteiger partial charge in [0.1, 0.15) is 17.2 Å². The van der Waals surface area contributed by atoms with Gasteiger partial charge in [-0.25, -0.2) is 8.78 Å². The molecule has 0 spiro atoms. The molecular formula is C16H15F2N3O2. The Morgan fingerprint density at radius 2 is 2.09 bits per heavy atom. The van der Waals surface area contributed by atoms with E-state index >= 15 is 0 Å². The first-order chi connectivity index (χ1) is 11.1. The largest absolute Gasteiger partial charge is 0.348 e. The van der Waals surface area contributed by atoms with Crippen LogP contribution in [0.5, 0.6) is 0 Å². The summed E-state index contributed by atoms with van der Waals surface area (Å²) in [6, 6.07) is 3.48. The smallest absolute Gasteiger partial charge is 0.263 e. The summed E-state index contributed by atoms with van der Waals surface area (Å²) in [5, 5.41) is 6.36. The Labute approximate surface area is 131 Å². The quantitative estimate of drug-likeness (QED) is 0.880. The van der Waals surface area contributed by atoms with Gasteiger partial charge >= 0.3 is 0 Å². The zero-order valence-electron chi connectivity index (χ0n) is 12.3. The SMILES string of the molecule is O=C(NCc1noc(-c2c(F)cccc2F)n1)[C@@H]1CC=CCC1. The van der Waals surface area contributed by atoms with Gasteiger partial charge < -0.3 is 9.84 Å². The minimum absolute atomic E-state index is 0.0542. The van der Waals surface area contributed by atoms with Crippen LogP contribution in [-0.2, 0) is 11.3 Å². The topological polar surface area (TPSA) is 68.0 Å². The zero-order chi connectivity index (χ0) is 16.2. The van der Waals surface area contributed by atoms with Crippen LogP contribution >= 0.6 is 0 Å². The Hall–Kier alpha value is -2.57. The molecule has 0 fully saturated rings. The van der Waals surface area contributed by atoms with E-state index in [1.807, 2.05) is 6.08 Å². The van der Waals surface area contributed by atoms with Gasteiger partial charge in [-0.3, -0.25) is 4.79 Å². The van der Waals surface area contributed by atoms with Crippen molar-refractivity contribution < 1.29 is 18.1 Å². The lowest BCUT2D eigenvalue weighted by atomic mass is 9.94. The Balaban J connectivity index is 1.66. The summed E-state index contributed by atoms with van der Waals surface area (Å²) in [6.07, 6.45) is 6.44. The lowest BCUT2D eigenvalue weighted by Crippen LogP contribution is -2.31. The van der Waals surface area contributed by atoms with E-state index in [4.69, 9.17) is 4.52 Å². The number of amides is 1. The van der Waals surface area contributed by atoms with Gasteiger partial charge in [-0.1, -0.05) is 23.4 Å². The molecule has 1 amide bonds. The second-order valence-corrected chi connectivity index (χ2v) is 5.31. The number of carbonyl (C=O) groups excluding carboxylic acids is 1. The average Bonchev–Trinajstić information content (AvgIpc) is 3.02. The number of allylic oxidation sites excluding steroid dienone is 2. The van der Waals surface area contributed by atoms with Crippen molar-refractivity contribution in [2.75, 3.05) is 0 Å². The fourth-order valence-electron chi connectivity index (χ4n) is 2.47. The molecule has 3 rings (SSSR count). The van der Waals surface area contributed by atoms with Crippen molar-refractivity contribution in [3.05, 3.63) is 47.8 Å². The van der Waals surface area contributed by atoms with E-state index in [0.29, 0.717) is 6.42 Å². The molecule has 1 atom stereocenters. The molecule has 120 valence electrons. The third kappa shape index (κ3) is 3.44. The maximum atomic E-state index is 13.7. The third-order valence-corrected chi connectivity index (χ3v) is 3.71. The molecular weight excluding hydrogens is 304 g/mol. The molecule has 2 aromatic rings. The maximum absolute atomic E-state index is 13.7. The van der Waals surface area contributed by atoms with Crippen LogP contribution in [0, 0.1) is 17.6 Å². The number of nitrogens with one attached hydrogen (secondary N) is 1. The first kappa shape index (κ1) is 15.3. The molecule has 0 saturated carbocycles. The van der Waals surface area contributed by atoms with Crippen LogP contribution < -0.4 is 5.32 Å². The third-order valence-electron chi connectivity index (χ3n) is 3.71. The molecule has 1 aliphatic rings. The van der Waals surface area contributed by atoms with Crippen molar-refractivity contribution in [3.8, 4) is 11.5 Å². The number of benzene rings is 1. The van der Waals surface area contributed by atoms with Crippen LogP contribution in [-0.4, -0.2) is 16.0 Å². The molecule has 5 nitrogen and oxygen atoms in total. The fourth-order valence-corrected chi connectivity index (χ4v) is 2.47. The zero-order valence-corrected chi connectivity index (χ0v) is 12.3. The first-order valence-electron chi connectivity index (χ1n) is 7.35. The van der Waals surface area contributed by atoms with Crippen LogP contribution in [0.15, 0.2) is 34.9 Å². The van der Waals surface area contributed by atoms with Crippen LogP contribution in [0.4, 0.5) is 8.78 Å². The summed E-state index contributed by atoms with van der Waals surface area (Å²) in [7, 11) is 0. The van der Waals surface area contributed by atoms with Crippen LogP contribution in [0.3, 0.4) is 0 Å². The van der Waals surface area contributed by atoms with Crippen LogP contribution in [0.2, 0.25) is 0 Å². The van der Waals surface area contributed by atoms with Gasteiger partial charge in [-0.15, -0.1) is 0 Å². The summed E-state index contributed by atoms with van der Waals surface area (Å²) in [4.78, 5) is 15.9. The summed E-state index contributed by atoms with van der Waals surface area (Å²) in [5.74, 6) is -1.78. The summed E-state index contributed by atoms with van der Waals surface area (Å²) < 4.78 is 32.2. The van der Waals surface area contributed by atoms with E-state index in [9.17, 15) is 13.6 Å². The number of rotatable bonds is 4. The minimum Gasteiger partial charge on any atom is -0.348 e. The summed E-state index contributed by atoms with van der Waals surface area (Å²) in [5.41, 5.74) is -0.366. The Morgan fingerprint density at radius 3 is 2.78 bits per heavy atom.